The lowest BCUT2D eigenvalue weighted by molar-refractivity contribution is 0.569. The van der Waals surface area contributed by atoms with Crippen molar-refractivity contribution in [1.29, 1.82) is 0 Å². The van der Waals surface area contributed by atoms with E-state index < -0.39 is 0 Å². The van der Waals surface area contributed by atoms with Crippen LogP contribution in [0.4, 0.5) is 0 Å². The smallest absolute Gasteiger partial charge is 0.00519 e. The lowest BCUT2D eigenvalue weighted by Gasteiger charge is -2.03. The fraction of sp³-hybridized carbons (Fsp3) is 0.765. The SMILES string of the molecule is CC=CC/C=C(\C)CCCCCCCCCNC. The molecule has 0 aromatic heterocycles. The molecule has 0 aromatic carbocycles. The van der Waals surface area contributed by atoms with Crippen LogP contribution >= 0.6 is 0 Å². The van der Waals surface area contributed by atoms with Crippen molar-refractivity contribution in [2.75, 3.05) is 13.6 Å². The van der Waals surface area contributed by atoms with Crippen LogP contribution in [0.3, 0.4) is 0 Å². The molecule has 0 spiro atoms. The molecule has 106 valence electrons. The highest BCUT2D eigenvalue weighted by Crippen LogP contribution is 2.12. The van der Waals surface area contributed by atoms with Crippen LogP contribution < -0.4 is 5.32 Å². The van der Waals surface area contributed by atoms with Crippen molar-refractivity contribution in [3.8, 4) is 0 Å². The molecule has 1 nitrogen and oxygen atoms in total. The molecule has 0 heterocycles. The van der Waals surface area contributed by atoms with Crippen LogP contribution in [0.1, 0.15) is 71.6 Å². The summed E-state index contributed by atoms with van der Waals surface area (Å²) in [7, 11) is 2.03. The predicted molar refractivity (Wildman–Crippen MR) is 84.1 cm³/mol. The Kier molecular flexibility index (Phi) is 14.0. The minimum absolute atomic E-state index is 1.10. The first-order chi connectivity index (χ1) is 8.81. The molecule has 0 amide bonds. The van der Waals surface area contributed by atoms with Crippen LogP contribution in [0.2, 0.25) is 0 Å². The third-order valence-electron chi connectivity index (χ3n) is 3.34. The van der Waals surface area contributed by atoms with Crippen molar-refractivity contribution in [3.05, 3.63) is 23.8 Å². The van der Waals surface area contributed by atoms with Gasteiger partial charge in [-0.3, -0.25) is 0 Å². The summed E-state index contributed by atoms with van der Waals surface area (Å²) >= 11 is 0. The fourth-order valence-electron chi connectivity index (χ4n) is 2.10. The van der Waals surface area contributed by atoms with E-state index in [9.17, 15) is 0 Å². The van der Waals surface area contributed by atoms with E-state index in [0.29, 0.717) is 0 Å². The molecule has 0 aliphatic carbocycles. The highest BCUT2D eigenvalue weighted by molar-refractivity contribution is 5.01. The van der Waals surface area contributed by atoms with Gasteiger partial charge in [0.15, 0.2) is 0 Å². The molecule has 0 radical (unpaired) electrons. The summed E-state index contributed by atoms with van der Waals surface area (Å²) in [6.07, 6.45) is 18.8. The van der Waals surface area contributed by atoms with Gasteiger partial charge >= 0.3 is 0 Å². The minimum Gasteiger partial charge on any atom is -0.320 e. The van der Waals surface area contributed by atoms with Crippen molar-refractivity contribution in [3.63, 3.8) is 0 Å². The molecule has 0 saturated heterocycles. The van der Waals surface area contributed by atoms with Gasteiger partial charge in [-0.2, -0.15) is 0 Å². The number of rotatable bonds is 12. The molecular formula is C17H33N. The zero-order chi connectivity index (χ0) is 13.5. The van der Waals surface area contributed by atoms with Gasteiger partial charge in [-0.05, 0) is 53.1 Å². The Morgan fingerprint density at radius 3 is 2.17 bits per heavy atom. The Morgan fingerprint density at radius 2 is 1.56 bits per heavy atom. The molecule has 0 bridgehead atoms. The van der Waals surface area contributed by atoms with E-state index in [1.807, 2.05) is 7.05 Å². The second kappa shape index (κ2) is 14.5. The Balaban J connectivity index is 3.22. The van der Waals surface area contributed by atoms with Crippen molar-refractivity contribution < 1.29 is 0 Å². The van der Waals surface area contributed by atoms with Crippen LogP contribution in [0, 0.1) is 0 Å². The second-order valence-corrected chi connectivity index (χ2v) is 5.18. The minimum atomic E-state index is 1.10. The molecule has 1 heteroatoms. The van der Waals surface area contributed by atoms with Gasteiger partial charge in [0, 0.05) is 0 Å². The lowest BCUT2D eigenvalue weighted by atomic mass is 10.0. The number of nitrogens with one attached hydrogen (secondary N) is 1. The van der Waals surface area contributed by atoms with Crippen LogP contribution in [-0.2, 0) is 0 Å². The monoisotopic (exact) mass is 251 g/mol. The number of unbranched alkanes of at least 4 members (excludes halogenated alkanes) is 6. The lowest BCUT2D eigenvalue weighted by Crippen LogP contribution is -2.06. The summed E-state index contributed by atoms with van der Waals surface area (Å²) in [5.74, 6) is 0. The normalized spacial score (nSPS) is 12.5. The zero-order valence-electron chi connectivity index (χ0n) is 12.8. The van der Waals surface area contributed by atoms with Crippen LogP contribution in [-0.4, -0.2) is 13.6 Å². The van der Waals surface area contributed by atoms with Gasteiger partial charge in [0.05, 0.1) is 0 Å². The Hall–Kier alpha value is -0.560. The third-order valence-corrected chi connectivity index (χ3v) is 3.34. The van der Waals surface area contributed by atoms with Crippen molar-refractivity contribution in [2.24, 2.45) is 0 Å². The third kappa shape index (κ3) is 13.5. The van der Waals surface area contributed by atoms with Crippen molar-refractivity contribution >= 4 is 0 Å². The highest BCUT2D eigenvalue weighted by atomic mass is 14.8. The van der Waals surface area contributed by atoms with Gasteiger partial charge in [-0.1, -0.05) is 55.9 Å². The molecule has 0 rings (SSSR count). The first kappa shape index (κ1) is 17.4. The predicted octanol–water partition coefficient (Wildman–Crippen LogP) is 5.24. The van der Waals surface area contributed by atoms with Gasteiger partial charge in [0.2, 0.25) is 0 Å². The second-order valence-electron chi connectivity index (χ2n) is 5.18. The molecular weight excluding hydrogens is 218 g/mol. The largest absolute Gasteiger partial charge is 0.320 e. The summed E-state index contributed by atoms with van der Waals surface area (Å²) in [5, 5.41) is 3.20. The molecule has 0 unspecified atom stereocenters. The Labute approximate surface area is 115 Å². The van der Waals surface area contributed by atoms with E-state index in [0.717, 1.165) is 6.42 Å². The molecule has 0 saturated carbocycles. The van der Waals surface area contributed by atoms with Gasteiger partial charge in [-0.15, -0.1) is 0 Å². The first-order valence-corrected chi connectivity index (χ1v) is 7.72. The quantitative estimate of drug-likeness (QED) is 0.369. The molecule has 1 N–H and O–H groups in total. The Bertz CT molecular complexity index is 216. The zero-order valence-corrected chi connectivity index (χ0v) is 12.8. The van der Waals surface area contributed by atoms with E-state index >= 15 is 0 Å². The standard InChI is InChI=1S/C17H33N/c1-4-5-11-14-17(2)15-12-9-7-6-8-10-13-16-18-3/h4-5,14,18H,6-13,15-16H2,1-3H3/b5-4?,17-14+. The number of hydrogen-bond acceptors (Lipinski definition) is 1. The van der Waals surface area contributed by atoms with Gasteiger partial charge in [-0.25, -0.2) is 0 Å². The van der Waals surface area contributed by atoms with Gasteiger partial charge < -0.3 is 5.32 Å². The van der Waals surface area contributed by atoms with Crippen molar-refractivity contribution in [2.45, 2.75) is 71.6 Å². The topological polar surface area (TPSA) is 12.0 Å². The maximum atomic E-state index is 3.20. The average Bonchev–Trinajstić information content (AvgIpc) is 2.37. The molecule has 0 aliphatic heterocycles. The van der Waals surface area contributed by atoms with E-state index in [4.69, 9.17) is 0 Å². The average molecular weight is 251 g/mol. The van der Waals surface area contributed by atoms with Crippen LogP contribution in [0.25, 0.3) is 0 Å². The molecule has 0 atom stereocenters. The van der Waals surface area contributed by atoms with Crippen LogP contribution in [0.15, 0.2) is 23.8 Å². The maximum Gasteiger partial charge on any atom is -0.00519 e. The molecule has 0 aromatic rings. The summed E-state index contributed by atoms with van der Waals surface area (Å²) < 4.78 is 0. The molecule has 0 aliphatic rings. The summed E-state index contributed by atoms with van der Waals surface area (Å²) in [4.78, 5) is 0. The highest BCUT2D eigenvalue weighted by Gasteiger charge is 1.93. The number of hydrogen-bond donors (Lipinski definition) is 1. The van der Waals surface area contributed by atoms with E-state index in [1.165, 1.54) is 57.9 Å². The maximum absolute atomic E-state index is 3.20. The van der Waals surface area contributed by atoms with E-state index in [1.54, 1.807) is 5.57 Å². The fourth-order valence-corrected chi connectivity index (χ4v) is 2.10. The Morgan fingerprint density at radius 1 is 0.944 bits per heavy atom. The molecule has 0 fully saturated rings. The van der Waals surface area contributed by atoms with Gasteiger partial charge in [0.1, 0.15) is 0 Å². The van der Waals surface area contributed by atoms with Crippen molar-refractivity contribution in [1.82, 2.24) is 5.32 Å². The molecule has 18 heavy (non-hydrogen) atoms. The van der Waals surface area contributed by atoms with E-state index in [-0.39, 0.29) is 0 Å². The van der Waals surface area contributed by atoms with Crippen LogP contribution in [0.5, 0.6) is 0 Å². The van der Waals surface area contributed by atoms with E-state index in [2.05, 4.69) is 37.4 Å². The first-order valence-electron chi connectivity index (χ1n) is 7.72. The number of allylic oxidation sites excluding steroid dienone is 4. The summed E-state index contributed by atoms with van der Waals surface area (Å²) in [5.41, 5.74) is 1.56. The summed E-state index contributed by atoms with van der Waals surface area (Å²) in [6.45, 7) is 5.52. The summed E-state index contributed by atoms with van der Waals surface area (Å²) in [6, 6.07) is 0. The van der Waals surface area contributed by atoms with Gasteiger partial charge in [0.25, 0.3) is 0 Å².